The fourth-order valence-electron chi connectivity index (χ4n) is 14.6. The van der Waals surface area contributed by atoms with E-state index in [0.717, 1.165) is 40.7 Å². The van der Waals surface area contributed by atoms with Crippen LogP contribution in [0.4, 0.5) is 17.1 Å². The Morgan fingerprint density at radius 3 is 1.37 bits per heavy atom. The van der Waals surface area contributed by atoms with E-state index in [1.807, 2.05) is 0 Å². The fraction of sp³-hybridized carbons (Fsp3) is 0.194. The normalized spacial score (nSPS) is 21.9. The highest BCUT2D eigenvalue weighted by Gasteiger charge is 2.61. The van der Waals surface area contributed by atoms with Crippen LogP contribution in [-0.4, -0.2) is 0 Å². The van der Waals surface area contributed by atoms with Crippen LogP contribution in [0.15, 0.2) is 212 Å². The van der Waals surface area contributed by atoms with Crippen LogP contribution in [0.5, 0.6) is 0 Å². The number of fused-ring (bicyclic) bond motifs is 6. The van der Waals surface area contributed by atoms with Crippen LogP contribution in [0, 0.1) is 23.7 Å². The molecule has 0 aromatic heterocycles. The molecule has 6 aliphatic carbocycles. The van der Waals surface area contributed by atoms with Gasteiger partial charge in [-0.3, -0.25) is 0 Å². The predicted molar refractivity (Wildman–Crippen MR) is 284 cm³/mol. The van der Waals surface area contributed by atoms with Gasteiger partial charge in [-0.1, -0.05) is 178 Å². The van der Waals surface area contributed by atoms with Crippen LogP contribution in [0.1, 0.15) is 68.2 Å². The third-order valence-corrected chi connectivity index (χ3v) is 17.5. The van der Waals surface area contributed by atoms with Crippen LogP contribution < -0.4 is 4.90 Å². The molecule has 4 fully saturated rings. The smallest absolute Gasteiger partial charge is 0.0465 e. The molecule has 9 aromatic carbocycles. The Balaban J connectivity index is 0.762. The molecule has 0 aliphatic heterocycles. The summed E-state index contributed by atoms with van der Waals surface area (Å²) in [4.78, 5) is 2.41. The number of hydrogen-bond acceptors (Lipinski definition) is 1. The minimum absolute atomic E-state index is 0.0891. The lowest BCUT2D eigenvalue weighted by Crippen LogP contribution is -2.55. The number of nitrogens with zero attached hydrogens (tertiary/aromatic N) is 1. The van der Waals surface area contributed by atoms with Crippen molar-refractivity contribution in [1.82, 2.24) is 0 Å². The zero-order valence-electron chi connectivity index (χ0n) is 39.0. The Morgan fingerprint density at radius 1 is 0.309 bits per heavy atom. The van der Waals surface area contributed by atoms with Crippen molar-refractivity contribution in [3.8, 4) is 66.8 Å². The second-order valence-corrected chi connectivity index (χ2v) is 21.3. The summed E-state index contributed by atoms with van der Waals surface area (Å²) in [5.74, 6) is 3.49. The van der Waals surface area contributed by atoms with Gasteiger partial charge in [-0.2, -0.15) is 0 Å². The highest BCUT2D eigenvalue weighted by molar-refractivity contribution is 5.88. The summed E-state index contributed by atoms with van der Waals surface area (Å²) in [5.41, 5.74) is 25.1. The van der Waals surface area contributed by atoms with Gasteiger partial charge in [0.15, 0.2) is 0 Å². The zero-order chi connectivity index (χ0) is 45.1. The molecule has 0 radical (unpaired) electrons. The van der Waals surface area contributed by atoms with Crippen molar-refractivity contribution < 1.29 is 0 Å². The van der Waals surface area contributed by atoms with Gasteiger partial charge in [0.2, 0.25) is 0 Å². The molecule has 9 aromatic rings. The Hall–Kier alpha value is -7.22. The average Bonchev–Trinajstić information content (AvgIpc) is 3.81. The molecule has 0 heterocycles. The van der Waals surface area contributed by atoms with Crippen LogP contribution in [0.3, 0.4) is 0 Å². The van der Waals surface area contributed by atoms with Crippen molar-refractivity contribution in [2.24, 2.45) is 23.7 Å². The molecule has 0 amide bonds. The molecule has 15 rings (SSSR count). The van der Waals surface area contributed by atoms with Crippen LogP contribution in [-0.2, 0) is 10.8 Å². The van der Waals surface area contributed by atoms with Crippen molar-refractivity contribution in [2.45, 2.75) is 56.8 Å². The Kier molecular flexibility index (Phi) is 8.89. The maximum absolute atomic E-state index is 2.55. The first kappa shape index (κ1) is 39.9. The summed E-state index contributed by atoms with van der Waals surface area (Å²) < 4.78 is 0. The Bertz CT molecular complexity index is 3380. The largest absolute Gasteiger partial charge is 0.310 e. The predicted octanol–water partition coefficient (Wildman–Crippen LogP) is 17.9. The third kappa shape index (κ3) is 6.00. The van der Waals surface area contributed by atoms with Gasteiger partial charge >= 0.3 is 0 Å². The first-order valence-electron chi connectivity index (χ1n) is 25.2. The molecule has 0 unspecified atom stereocenters. The van der Waals surface area contributed by atoms with E-state index in [0.29, 0.717) is 0 Å². The average molecular weight is 874 g/mol. The van der Waals surface area contributed by atoms with E-state index in [4.69, 9.17) is 0 Å². The van der Waals surface area contributed by atoms with Crippen molar-refractivity contribution in [1.29, 1.82) is 0 Å². The van der Waals surface area contributed by atoms with Crippen LogP contribution in [0.2, 0.25) is 0 Å². The van der Waals surface area contributed by atoms with Gasteiger partial charge in [-0.25, -0.2) is 0 Å². The summed E-state index contributed by atoms with van der Waals surface area (Å²) in [5, 5.41) is 0. The monoisotopic (exact) mass is 873 g/mol. The van der Waals surface area contributed by atoms with Crippen LogP contribution >= 0.6 is 0 Å². The number of hydrogen-bond donors (Lipinski definition) is 0. The van der Waals surface area contributed by atoms with E-state index in [2.05, 4.69) is 231 Å². The van der Waals surface area contributed by atoms with E-state index < -0.39 is 0 Å². The number of anilines is 3. The van der Waals surface area contributed by atoms with Gasteiger partial charge in [-0.05, 0) is 193 Å². The minimum Gasteiger partial charge on any atom is -0.310 e. The van der Waals surface area contributed by atoms with Crippen molar-refractivity contribution >= 4 is 17.1 Å². The van der Waals surface area contributed by atoms with E-state index in [-0.39, 0.29) is 10.8 Å². The first-order chi connectivity index (χ1) is 33.4. The highest BCUT2D eigenvalue weighted by Crippen LogP contribution is 2.69. The van der Waals surface area contributed by atoms with Gasteiger partial charge in [0.1, 0.15) is 0 Å². The molecule has 6 aliphatic rings. The Labute approximate surface area is 401 Å². The molecule has 0 saturated heterocycles. The molecule has 0 N–H and O–H groups in total. The van der Waals surface area contributed by atoms with E-state index in [1.54, 1.807) is 11.1 Å². The zero-order valence-corrected chi connectivity index (χ0v) is 39.0. The van der Waals surface area contributed by atoms with Gasteiger partial charge < -0.3 is 4.90 Å². The van der Waals surface area contributed by atoms with Gasteiger partial charge in [0.05, 0.1) is 0 Å². The van der Waals surface area contributed by atoms with Crippen molar-refractivity contribution in [3.63, 3.8) is 0 Å². The second-order valence-electron chi connectivity index (χ2n) is 21.3. The lowest BCUT2D eigenvalue weighted by Gasteiger charge is -2.61. The summed E-state index contributed by atoms with van der Waals surface area (Å²) in [7, 11) is 0. The SMILES string of the molecule is CC1(C)c2ccccc2-c2ccc(N(c3ccc(-c4ccccc4)cc3)c3ccc(-c4ccc(-c5cccc(-c6ccc7c(c6)-c6ccccc6C76C7CC8CC(C7)CC6C8)c5)cc4)cc3)cc21. The molecule has 1 nitrogen and oxygen atoms in total. The van der Waals surface area contributed by atoms with Gasteiger partial charge in [0.25, 0.3) is 0 Å². The molecule has 328 valence electrons. The summed E-state index contributed by atoms with van der Waals surface area (Å²) in [6.45, 7) is 4.72. The fourth-order valence-corrected chi connectivity index (χ4v) is 14.6. The van der Waals surface area contributed by atoms with E-state index >= 15 is 0 Å². The Morgan fingerprint density at radius 2 is 0.735 bits per heavy atom. The van der Waals surface area contributed by atoms with Crippen LogP contribution in [0.25, 0.3) is 66.8 Å². The quantitative estimate of drug-likeness (QED) is 0.154. The summed E-state index contributed by atoms with van der Waals surface area (Å²) >= 11 is 0. The topological polar surface area (TPSA) is 3.24 Å². The maximum Gasteiger partial charge on any atom is 0.0465 e. The maximum atomic E-state index is 2.55. The van der Waals surface area contributed by atoms with E-state index in [1.165, 1.54) is 110 Å². The van der Waals surface area contributed by atoms with Gasteiger partial charge in [-0.15, -0.1) is 0 Å². The van der Waals surface area contributed by atoms with E-state index in [9.17, 15) is 0 Å². The van der Waals surface area contributed by atoms with Crippen molar-refractivity contribution in [3.05, 3.63) is 235 Å². The molecule has 1 spiro atoms. The molecule has 4 saturated carbocycles. The first-order valence-corrected chi connectivity index (χ1v) is 25.2. The number of benzene rings is 9. The lowest BCUT2D eigenvalue weighted by molar-refractivity contribution is -0.0399. The second kappa shape index (κ2) is 15.1. The molecule has 4 bridgehead atoms. The van der Waals surface area contributed by atoms with Crippen molar-refractivity contribution in [2.75, 3.05) is 4.90 Å². The summed E-state index contributed by atoms with van der Waals surface area (Å²) in [6, 6.07) is 80.1. The standard InChI is InChI=1S/C67H55N/c1-66(2)62-17-8-6-15-58(62)60-33-32-57(42-65(60)66)68(55-28-23-47(24-29-55)45-11-4-3-5-12-45)56-30-25-48(26-31-56)46-19-21-49(22-20-46)50-13-10-14-51(40-50)52-27-34-64-61(41-52)59-16-7-9-18-63(59)67(64)53-36-43-35-44(38-53)39-54(67)37-43/h3-34,40-44,53-54H,35-39H2,1-2H3. The minimum atomic E-state index is -0.0891. The lowest BCUT2D eigenvalue weighted by atomic mass is 9.43. The number of rotatable bonds is 7. The highest BCUT2D eigenvalue weighted by atomic mass is 15.1. The third-order valence-electron chi connectivity index (χ3n) is 17.5. The molecule has 68 heavy (non-hydrogen) atoms. The molecular weight excluding hydrogens is 819 g/mol. The molecular formula is C67H55N. The summed E-state index contributed by atoms with van der Waals surface area (Å²) in [6.07, 6.45) is 7.16. The molecule has 1 heteroatoms. The van der Waals surface area contributed by atoms with Gasteiger partial charge in [0, 0.05) is 27.9 Å². The molecule has 0 atom stereocenters.